The predicted octanol–water partition coefficient (Wildman–Crippen LogP) is 4.22. The van der Waals surface area contributed by atoms with Gasteiger partial charge in [0.05, 0.1) is 10.6 Å². The second-order valence-corrected chi connectivity index (χ2v) is 4.38. The Labute approximate surface area is 110 Å². The first-order valence-corrected chi connectivity index (χ1v) is 6.05. The summed E-state index contributed by atoms with van der Waals surface area (Å²) in [5, 5.41) is 1.82. The van der Waals surface area contributed by atoms with Gasteiger partial charge in [-0.1, -0.05) is 53.8 Å². The molecule has 0 amide bonds. The maximum atomic E-state index is 6.07. The normalized spacial score (nSPS) is 10.1. The van der Waals surface area contributed by atoms with Crippen LogP contribution in [-0.4, -0.2) is 4.98 Å². The van der Waals surface area contributed by atoms with Gasteiger partial charge >= 0.3 is 0 Å². The number of H-pyrrole nitrogens is 1. The highest BCUT2D eigenvalue weighted by molar-refractivity contribution is 6.31. The Bertz CT molecular complexity index is 759. The molecule has 0 aliphatic carbocycles. The van der Waals surface area contributed by atoms with E-state index < -0.39 is 0 Å². The maximum Gasteiger partial charge on any atom is 0.0562 e. The summed E-state index contributed by atoms with van der Waals surface area (Å²) in [6.07, 6.45) is 1.93. The van der Waals surface area contributed by atoms with Crippen molar-refractivity contribution in [3.05, 3.63) is 70.9 Å². The van der Waals surface area contributed by atoms with Crippen LogP contribution in [0.2, 0.25) is 5.02 Å². The second-order valence-electron chi connectivity index (χ2n) is 3.98. The zero-order chi connectivity index (χ0) is 12.4. The third-order valence-electron chi connectivity index (χ3n) is 2.79. The molecule has 1 nitrogen and oxygen atoms in total. The minimum atomic E-state index is 0.685. The standard InChI is InChI=1S/C16H10ClN/c17-15-7-3-1-5-12(15)9-10-13-11-18-16-8-4-2-6-14(13)16/h1-8,11,18H. The molecule has 2 heteroatoms. The Balaban J connectivity index is 2.06. The number of para-hydroxylation sites is 1. The van der Waals surface area contributed by atoms with Crippen molar-refractivity contribution in [3.8, 4) is 11.8 Å². The van der Waals surface area contributed by atoms with E-state index in [1.165, 1.54) is 0 Å². The molecule has 1 N–H and O–H groups in total. The minimum Gasteiger partial charge on any atom is -0.360 e. The van der Waals surface area contributed by atoms with Crippen molar-refractivity contribution in [1.29, 1.82) is 0 Å². The van der Waals surface area contributed by atoms with Crippen molar-refractivity contribution in [3.63, 3.8) is 0 Å². The van der Waals surface area contributed by atoms with E-state index in [-0.39, 0.29) is 0 Å². The van der Waals surface area contributed by atoms with Crippen LogP contribution in [0.25, 0.3) is 10.9 Å². The topological polar surface area (TPSA) is 15.8 Å². The number of halogens is 1. The first-order valence-electron chi connectivity index (χ1n) is 5.67. The van der Waals surface area contributed by atoms with E-state index >= 15 is 0 Å². The monoisotopic (exact) mass is 251 g/mol. The molecule has 0 fully saturated rings. The molecular formula is C16H10ClN. The van der Waals surface area contributed by atoms with Gasteiger partial charge in [0.2, 0.25) is 0 Å². The molecule has 0 aliphatic rings. The molecule has 3 rings (SSSR count). The lowest BCUT2D eigenvalue weighted by Crippen LogP contribution is -1.76. The molecule has 1 heterocycles. The fourth-order valence-electron chi connectivity index (χ4n) is 1.87. The molecule has 1 aromatic heterocycles. The first-order chi connectivity index (χ1) is 8.84. The van der Waals surface area contributed by atoms with Gasteiger partial charge in [0.25, 0.3) is 0 Å². The molecule has 0 spiro atoms. The van der Waals surface area contributed by atoms with Crippen LogP contribution in [0.4, 0.5) is 0 Å². The van der Waals surface area contributed by atoms with Crippen molar-refractivity contribution >= 4 is 22.5 Å². The third-order valence-corrected chi connectivity index (χ3v) is 3.12. The van der Waals surface area contributed by atoms with E-state index in [9.17, 15) is 0 Å². The summed E-state index contributed by atoms with van der Waals surface area (Å²) < 4.78 is 0. The highest BCUT2D eigenvalue weighted by Crippen LogP contribution is 2.17. The van der Waals surface area contributed by atoms with Crippen molar-refractivity contribution in [2.24, 2.45) is 0 Å². The lowest BCUT2D eigenvalue weighted by Gasteiger charge is -1.92. The van der Waals surface area contributed by atoms with Crippen LogP contribution in [-0.2, 0) is 0 Å². The fourth-order valence-corrected chi connectivity index (χ4v) is 2.06. The van der Waals surface area contributed by atoms with Crippen molar-refractivity contribution in [1.82, 2.24) is 4.98 Å². The van der Waals surface area contributed by atoms with Crippen molar-refractivity contribution < 1.29 is 0 Å². The molecular weight excluding hydrogens is 242 g/mol. The molecule has 0 aliphatic heterocycles. The number of nitrogens with one attached hydrogen (secondary N) is 1. The number of fused-ring (bicyclic) bond motifs is 1. The zero-order valence-corrected chi connectivity index (χ0v) is 10.3. The summed E-state index contributed by atoms with van der Waals surface area (Å²) in [5.74, 6) is 6.26. The summed E-state index contributed by atoms with van der Waals surface area (Å²) in [6, 6.07) is 15.7. The first kappa shape index (κ1) is 11.0. The van der Waals surface area contributed by atoms with E-state index in [0.29, 0.717) is 5.02 Å². The highest BCUT2D eigenvalue weighted by Gasteiger charge is 1.99. The summed E-state index contributed by atoms with van der Waals surface area (Å²) in [4.78, 5) is 3.20. The molecule has 0 unspecified atom stereocenters. The number of benzene rings is 2. The molecule has 18 heavy (non-hydrogen) atoms. The van der Waals surface area contributed by atoms with Gasteiger partial charge in [-0.15, -0.1) is 0 Å². The van der Waals surface area contributed by atoms with Gasteiger partial charge in [0.1, 0.15) is 0 Å². The summed E-state index contributed by atoms with van der Waals surface area (Å²) in [7, 11) is 0. The van der Waals surface area contributed by atoms with Gasteiger partial charge in [-0.3, -0.25) is 0 Å². The molecule has 0 atom stereocenters. The fraction of sp³-hybridized carbons (Fsp3) is 0. The van der Waals surface area contributed by atoms with E-state index in [2.05, 4.69) is 22.9 Å². The third kappa shape index (κ3) is 1.99. The highest BCUT2D eigenvalue weighted by atomic mass is 35.5. The minimum absolute atomic E-state index is 0.685. The van der Waals surface area contributed by atoms with Gasteiger partial charge < -0.3 is 4.98 Å². The second kappa shape index (κ2) is 4.60. The van der Waals surface area contributed by atoms with Gasteiger partial charge in [0.15, 0.2) is 0 Å². The maximum absolute atomic E-state index is 6.07. The number of aromatic amines is 1. The SMILES string of the molecule is Clc1ccccc1C#Cc1c[nH]c2ccccc12. The van der Waals surface area contributed by atoms with Crippen LogP contribution in [0, 0.1) is 11.8 Å². The molecule has 2 aromatic carbocycles. The smallest absolute Gasteiger partial charge is 0.0562 e. The van der Waals surface area contributed by atoms with Crippen LogP contribution in [0.15, 0.2) is 54.7 Å². The average Bonchev–Trinajstić information content (AvgIpc) is 2.81. The largest absolute Gasteiger partial charge is 0.360 e. The molecule has 0 saturated carbocycles. The Hall–Kier alpha value is -2.17. The quantitative estimate of drug-likeness (QED) is 0.576. The van der Waals surface area contributed by atoms with E-state index in [1.807, 2.05) is 48.7 Å². The van der Waals surface area contributed by atoms with E-state index in [0.717, 1.165) is 22.0 Å². The molecule has 0 saturated heterocycles. The Morgan fingerprint density at radius 3 is 2.44 bits per heavy atom. The number of aromatic nitrogens is 1. The average molecular weight is 252 g/mol. The predicted molar refractivity (Wildman–Crippen MR) is 75.7 cm³/mol. The molecule has 0 bridgehead atoms. The van der Waals surface area contributed by atoms with Crippen molar-refractivity contribution in [2.75, 3.05) is 0 Å². The lowest BCUT2D eigenvalue weighted by atomic mass is 10.1. The van der Waals surface area contributed by atoms with Crippen LogP contribution < -0.4 is 0 Å². The Morgan fingerprint density at radius 2 is 1.56 bits per heavy atom. The molecule has 0 radical (unpaired) electrons. The van der Waals surface area contributed by atoms with Crippen LogP contribution in [0.5, 0.6) is 0 Å². The lowest BCUT2D eigenvalue weighted by molar-refractivity contribution is 1.47. The molecule has 86 valence electrons. The van der Waals surface area contributed by atoms with Crippen LogP contribution in [0.3, 0.4) is 0 Å². The number of hydrogen-bond donors (Lipinski definition) is 1. The van der Waals surface area contributed by atoms with Gasteiger partial charge in [-0.05, 0) is 18.2 Å². The van der Waals surface area contributed by atoms with Gasteiger partial charge in [0, 0.05) is 22.7 Å². The molecule has 3 aromatic rings. The van der Waals surface area contributed by atoms with E-state index in [4.69, 9.17) is 11.6 Å². The van der Waals surface area contributed by atoms with E-state index in [1.54, 1.807) is 0 Å². The number of hydrogen-bond acceptors (Lipinski definition) is 0. The van der Waals surface area contributed by atoms with Gasteiger partial charge in [-0.2, -0.15) is 0 Å². The zero-order valence-electron chi connectivity index (χ0n) is 9.57. The Kier molecular flexibility index (Phi) is 2.80. The van der Waals surface area contributed by atoms with Crippen LogP contribution >= 0.6 is 11.6 Å². The summed E-state index contributed by atoms with van der Waals surface area (Å²) in [5.41, 5.74) is 2.94. The Morgan fingerprint density at radius 1 is 0.833 bits per heavy atom. The van der Waals surface area contributed by atoms with Gasteiger partial charge in [-0.25, -0.2) is 0 Å². The van der Waals surface area contributed by atoms with Crippen LogP contribution in [0.1, 0.15) is 11.1 Å². The number of rotatable bonds is 0. The van der Waals surface area contributed by atoms with Crippen molar-refractivity contribution in [2.45, 2.75) is 0 Å². The summed E-state index contributed by atoms with van der Waals surface area (Å²) in [6.45, 7) is 0. The summed E-state index contributed by atoms with van der Waals surface area (Å²) >= 11 is 6.07.